The Morgan fingerprint density at radius 1 is 0.943 bits per heavy atom. The van der Waals surface area contributed by atoms with Crippen molar-refractivity contribution >= 4 is 11.8 Å². The van der Waals surface area contributed by atoms with Crippen LogP contribution in [0, 0.1) is 12.7 Å². The van der Waals surface area contributed by atoms with Gasteiger partial charge in [-0.1, -0.05) is 60.2 Å². The molecule has 0 heterocycles. The standard InChI is InChI=1S/C29H33FN2O3/c1-3-31-29(34)27(20-23-8-5-4-6-9-23)32(21-24-13-15-25(30)16-14-24)28(33)10-7-19-35-26-17-11-22(2)12-18-26/h4-6,8-9,11-18,27H,3,7,10,19-21H2,1-2H3,(H,31,34)/t27-/m0/s1. The molecule has 1 N–H and O–H groups in total. The van der Waals surface area contributed by atoms with Crippen molar-refractivity contribution in [2.75, 3.05) is 13.2 Å². The molecule has 0 saturated heterocycles. The van der Waals surface area contributed by atoms with Crippen LogP contribution in [0.2, 0.25) is 0 Å². The van der Waals surface area contributed by atoms with Crippen LogP contribution in [0.4, 0.5) is 4.39 Å². The molecule has 0 saturated carbocycles. The van der Waals surface area contributed by atoms with Gasteiger partial charge < -0.3 is 15.0 Å². The Balaban J connectivity index is 1.75. The number of rotatable bonds is 12. The molecule has 5 nitrogen and oxygen atoms in total. The maximum Gasteiger partial charge on any atom is 0.243 e. The number of carbonyl (C=O) groups is 2. The number of halogens is 1. The van der Waals surface area contributed by atoms with Crippen LogP contribution in [0.1, 0.15) is 36.5 Å². The Labute approximate surface area is 206 Å². The highest BCUT2D eigenvalue weighted by molar-refractivity contribution is 5.88. The van der Waals surface area contributed by atoms with Gasteiger partial charge in [-0.3, -0.25) is 9.59 Å². The fourth-order valence-electron chi connectivity index (χ4n) is 3.82. The lowest BCUT2D eigenvalue weighted by atomic mass is 10.0. The smallest absolute Gasteiger partial charge is 0.243 e. The summed E-state index contributed by atoms with van der Waals surface area (Å²) in [5.74, 6) is 0.0664. The van der Waals surface area contributed by atoms with E-state index in [9.17, 15) is 14.0 Å². The number of aryl methyl sites for hydroxylation is 1. The van der Waals surface area contributed by atoms with Crippen molar-refractivity contribution in [2.45, 2.75) is 45.7 Å². The van der Waals surface area contributed by atoms with Crippen LogP contribution in [-0.4, -0.2) is 35.9 Å². The number of carbonyl (C=O) groups excluding carboxylic acids is 2. The van der Waals surface area contributed by atoms with Gasteiger partial charge in [-0.15, -0.1) is 0 Å². The molecule has 0 bridgehead atoms. The second-order valence-corrected chi connectivity index (χ2v) is 8.51. The third-order valence-electron chi connectivity index (χ3n) is 5.71. The Morgan fingerprint density at radius 2 is 1.63 bits per heavy atom. The molecule has 6 heteroatoms. The quantitative estimate of drug-likeness (QED) is 0.372. The number of nitrogens with zero attached hydrogens (tertiary/aromatic N) is 1. The summed E-state index contributed by atoms with van der Waals surface area (Å²) in [6.07, 6.45) is 1.14. The fourth-order valence-corrected chi connectivity index (χ4v) is 3.82. The van der Waals surface area contributed by atoms with Crippen LogP contribution in [0.5, 0.6) is 5.75 Å². The Kier molecular flexibility index (Phi) is 9.84. The fraction of sp³-hybridized carbons (Fsp3) is 0.310. The second kappa shape index (κ2) is 13.3. The van der Waals surface area contributed by atoms with Crippen molar-refractivity contribution in [3.63, 3.8) is 0 Å². The topological polar surface area (TPSA) is 58.6 Å². The van der Waals surface area contributed by atoms with Gasteiger partial charge in [0.05, 0.1) is 6.61 Å². The van der Waals surface area contributed by atoms with Crippen LogP contribution in [-0.2, 0) is 22.6 Å². The predicted molar refractivity (Wildman–Crippen MR) is 135 cm³/mol. The lowest BCUT2D eigenvalue weighted by Crippen LogP contribution is -2.50. The minimum atomic E-state index is -0.687. The number of hydrogen-bond donors (Lipinski definition) is 1. The molecule has 35 heavy (non-hydrogen) atoms. The van der Waals surface area contributed by atoms with Gasteiger partial charge in [0, 0.05) is 25.9 Å². The summed E-state index contributed by atoms with van der Waals surface area (Å²) in [6, 6.07) is 22.7. The average molecular weight is 477 g/mol. The van der Waals surface area contributed by atoms with E-state index in [2.05, 4.69) is 5.32 Å². The molecular weight excluding hydrogens is 443 g/mol. The van der Waals surface area contributed by atoms with E-state index in [1.54, 1.807) is 17.0 Å². The van der Waals surface area contributed by atoms with Crippen LogP contribution >= 0.6 is 0 Å². The molecule has 1 atom stereocenters. The van der Waals surface area contributed by atoms with E-state index >= 15 is 0 Å². The SMILES string of the molecule is CCNC(=O)[C@H](Cc1ccccc1)N(Cc1ccc(F)cc1)C(=O)CCCOc1ccc(C)cc1. The zero-order valence-electron chi connectivity index (χ0n) is 20.4. The maximum atomic E-state index is 13.5. The summed E-state index contributed by atoms with van der Waals surface area (Å²) in [5.41, 5.74) is 2.88. The third-order valence-corrected chi connectivity index (χ3v) is 5.71. The van der Waals surface area contributed by atoms with E-state index in [1.165, 1.54) is 12.1 Å². The summed E-state index contributed by atoms with van der Waals surface area (Å²) in [5, 5.41) is 2.87. The lowest BCUT2D eigenvalue weighted by Gasteiger charge is -2.31. The van der Waals surface area contributed by atoms with Crippen molar-refractivity contribution in [1.82, 2.24) is 10.2 Å². The molecule has 0 fully saturated rings. The Hall–Kier alpha value is -3.67. The van der Waals surface area contributed by atoms with Gasteiger partial charge in [0.25, 0.3) is 0 Å². The summed E-state index contributed by atoms with van der Waals surface area (Å²) in [4.78, 5) is 28.1. The molecule has 184 valence electrons. The van der Waals surface area contributed by atoms with E-state index in [1.807, 2.05) is 68.4 Å². The molecule has 2 amide bonds. The van der Waals surface area contributed by atoms with Gasteiger partial charge in [0.2, 0.25) is 11.8 Å². The maximum absolute atomic E-state index is 13.5. The number of nitrogens with one attached hydrogen (secondary N) is 1. The highest BCUT2D eigenvalue weighted by Crippen LogP contribution is 2.17. The molecule has 0 aliphatic rings. The first-order chi connectivity index (χ1) is 17.0. The number of benzene rings is 3. The van der Waals surface area contributed by atoms with Crippen molar-refractivity contribution < 1.29 is 18.7 Å². The predicted octanol–water partition coefficient (Wildman–Crippen LogP) is 5.07. The molecule has 0 spiro atoms. The van der Waals surface area contributed by atoms with Crippen molar-refractivity contribution in [2.24, 2.45) is 0 Å². The first-order valence-electron chi connectivity index (χ1n) is 12.0. The Bertz CT molecular complexity index is 1070. The molecule has 0 radical (unpaired) electrons. The molecule has 0 aliphatic carbocycles. The summed E-state index contributed by atoms with van der Waals surface area (Å²) >= 11 is 0. The first kappa shape index (κ1) is 25.9. The van der Waals surface area contributed by atoms with E-state index < -0.39 is 6.04 Å². The molecule has 3 aromatic carbocycles. The van der Waals surface area contributed by atoms with Crippen LogP contribution < -0.4 is 10.1 Å². The highest BCUT2D eigenvalue weighted by Gasteiger charge is 2.29. The van der Waals surface area contributed by atoms with E-state index in [4.69, 9.17) is 4.74 Å². The van der Waals surface area contributed by atoms with Crippen LogP contribution in [0.15, 0.2) is 78.9 Å². The number of likely N-dealkylation sites (N-methyl/N-ethyl adjacent to an activating group) is 1. The van der Waals surface area contributed by atoms with E-state index in [0.717, 1.165) is 22.4 Å². The number of hydrogen-bond acceptors (Lipinski definition) is 3. The van der Waals surface area contributed by atoms with Gasteiger partial charge >= 0.3 is 0 Å². The van der Waals surface area contributed by atoms with E-state index in [-0.39, 0.29) is 30.6 Å². The van der Waals surface area contributed by atoms with E-state index in [0.29, 0.717) is 26.0 Å². The normalized spacial score (nSPS) is 11.5. The second-order valence-electron chi connectivity index (χ2n) is 8.51. The molecule has 3 rings (SSSR count). The van der Waals surface area contributed by atoms with Gasteiger partial charge in [0.1, 0.15) is 17.6 Å². The summed E-state index contributed by atoms with van der Waals surface area (Å²) in [6.45, 7) is 4.94. The van der Waals surface area contributed by atoms with Crippen molar-refractivity contribution in [3.8, 4) is 5.75 Å². The van der Waals surface area contributed by atoms with Crippen LogP contribution in [0.25, 0.3) is 0 Å². The molecular formula is C29H33FN2O3. The highest BCUT2D eigenvalue weighted by atomic mass is 19.1. The molecule has 3 aromatic rings. The number of amides is 2. The average Bonchev–Trinajstić information content (AvgIpc) is 2.87. The molecule has 0 unspecified atom stereocenters. The lowest BCUT2D eigenvalue weighted by molar-refractivity contribution is -0.141. The van der Waals surface area contributed by atoms with Gasteiger partial charge in [-0.2, -0.15) is 0 Å². The minimum absolute atomic E-state index is 0.144. The number of ether oxygens (including phenoxy) is 1. The summed E-state index contributed by atoms with van der Waals surface area (Å²) < 4.78 is 19.2. The Morgan fingerprint density at radius 3 is 2.29 bits per heavy atom. The van der Waals surface area contributed by atoms with Gasteiger partial charge in [-0.05, 0) is 55.7 Å². The molecule has 0 aromatic heterocycles. The minimum Gasteiger partial charge on any atom is -0.494 e. The zero-order valence-corrected chi connectivity index (χ0v) is 20.4. The summed E-state index contributed by atoms with van der Waals surface area (Å²) in [7, 11) is 0. The molecule has 0 aliphatic heterocycles. The third kappa shape index (κ3) is 8.25. The van der Waals surface area contributed by atoms with Crippen LogP contribution in [0.3, 0.4) is 0 Å². The largest absolute Gasteiger partial charge is 0.494 e. The van der Waals surface area contributed by atoms with Gasteiger partial charge in [0.15, 0.2) is 0 Å². The van der Waals surface area contributed by atoms with Gasteiger partial charge in [-0.25, -0.2) is 4.39 Å². The van der Waals surface area contributed by atoms with Crippen molar-refractivity contribution in [1.29, 1.82) is 0 Å². The monoisotopic (exact) mass is 476 g/mol. The van der Waals surface area contributed by atoms with Crippen molar-refractivity contribution in [3.05, 3.63) is 101 Å². The first-order valence-corrected chi connectivity index (χ1v) is 12.0. The zero-order chi connectivity index (χ0) is 25.0.